The fourth-order valence-corrected chi connectivity index (χ4v) is 0.980. The molecule has 0 aliphatic carbocycles. The Labute approximate surface area is 78.1 Å². The lowest BCUT2D eigenvalue weighted by atomic mass is 10.1. The van der Waals surface area contributed by atoms with Crippen LogP contribution in [-0.2, 0) is 0 Å². The average molecular weight is 274 g/mol. The number of allylic oxidation sites excluding steroid dienone is 1. The van der Waals surface area contributed by atoms with Gasteiger partial charge in [0.15, 0.2) is 0 Å². The van der Waals surface area contributed by atoms with Crippen LogP contribution in [-0.4, -0.2) is 10.2 Å². The Bertz CT molecular complexity index is 85.0. The molecule has 0 nitrogen and oxygen atoms in total. The van der Waals surface area contributed by atoms with E-state index in [1.807, 2.05) is 5.98 Å². The molecule has 0 unspecified atom stereocenters. The van der Waals surface area contributed by atoms with Gasteiger partial charge in [0.05, 0.1) is 0 Å². The summed E-state index contributed by atoms with van der Waals surface area (Å²) < 4.78 is 0.306. The van der Waals surface area contributed by atoms with Crippen molar-refractivity contribution in [3.05, 3.63) is 12.1 Å². The van der Waals surface area contributed by atoms with Gasteiger partial charge in [0.25, 0.3) is 0 Å². The summed E-state index contributed by atoms with van der Waals surface area (Å²) in [6, 6.07) is 0. The van der Waals surface area contributed by atoms with E-state index in [9.17, 15) is 0 Å². The van der Waals surface area contributed by atoms with Gasteiger partial charge in [-0.25, -0.2) is 0 Å². The highest BCUT2D eigenvalue weighted by molar-refractivity contribution is 9.49. The first-order valence-corrected chi connectivity index (χ1v) is 5.14. The van der Waals surface area contributed by atoms with E-state index in [4.69, 9.17) is 11.6 Å². The molecule has 0 spiro atoms. The van der Waals surface area contributed by atoms with E-state index in [0.717, 1.165) is 18.7 Å². The molecular weight excluding hydrogens is 266 g/mol. The van der Waals surface area contributed by atoms with E-state index < -0.39 is 0 Å². The molecule has 0 aromatic heterocycles. The molecule has 52 valence electrons. The summed E-state index contributed by atoms with van der Waals surface area (Å²) in [4.78, 5) is 0. The van der Waals surface area contributed by atoms with Crippen molar-refractivity contribution in [2.75, 3.05) is 5.88 Å². The van der Waals surface area contributed by atoms with E-state index in [0.29, 0.717) is 4.36 Å². The molecule has 0 atom stereocenters. The zero-order valence-electron chi connectivity index (χ0n) is 4.99. The average Bonchev–Trinajstić information content (AvgIpc) is 1.80. The summed E-state index contributed by atoms with van der Waals surface area (Å²) in [6.07, 6.45) is 4.23. The highest BCUT2D eigenvalue weighted by atomic mass is 79.9. The van der Waals surface area contributed by atoms with Crippen molar-refractivity contribution in [1.82, 2.24) is 0 Å². The molecule has 4 heteroatoms. The SMILES string of the molecule is ClCCC/C=C/B(Br)Br. The lowest BCUT2D eigenvalue weighted by Gasteiger charge is -1.86. The molecule has 0 heterocycles. The van der Waals surface area contributed by atoms with Crippen molar-refractivity contribution in [3.8, 4) is 0 Å². The zero-order valence-corrected chi connectivity index (χ0v) is 8.92. The van der Waals surface area contributed by atoms with E-state index >= 15 is 0 Å². The summed E-state index contributed by atoms with van der Waals surface area (Å²) >= 11 is 12.1. The monoisotopic (exact) mass is 272 g/mol. The predicted molar refractivity (Wildman–Crippen MR) is 52.7 cm³/mol. The Hall–Kier alpha value is 1.05. The van der Waals surface area contributed by atoms with Crippen molar-refractivity contribution < 1.29 is 0 Å². The maximum Gasteiger partial charge on any atom is 0.322 e. The molecule has 0 bridgehead atoms. The minimum atomic E-state index is 0.306. The van der Waals surface area contributed by atoms with Gasteiger partial charge in [0.2, 0.25) is 0 Å². The molecule has 0 amide bonds. The van der Waals surface area contributed by atoms with Crippen LogP contribution in [0.1, 0.15) is 12.8 Å². The van der Waals surface area contributed by atoms with Crippen molar-refractivity contribution in [2.45, 2.75) is 12.8 Å². The second-order valence-electron chi connectivity index (χ2n) is 1.59. The van der Waals surface area contributed by atoms with E-state index in [2.05, 4.69) is 37.6 Å². The topological polar surface area (TPSA) is 0 Å². The van der Waals surface area contributed by atoms with Gasteiger partial charge in [-0.2, -0.15) is 0 Å². The normalized spacial score (nSPS) is 10.6. The maximum absolute atomic E-state index is 5.46. The Balaban J connectivity index is 3.04. The lowest BCUT2D eigenvalue weighted by Crippen LogP contribution is -1.81. The molecule has 0 saturated heterocycles. The number of hydrogen-bond acceptors (Lipinski definition) is 0. The smallest absolute Gasteiger partial charge is 0.133 e. The number of alkyl halides is 1. The molecule has 0 N–H and O–H groups in total. The van der Waals surface area contributed by atoms with Gasteiger partial charge >= 0.3 is 4.36 Å². The zero-order chi connectivity index (χ0) is 7.11. The van der Waals surface area contributed by atoms with Crippen molar-refractivity contribution >= 4 is 47.5 Å². The number of rotatable bonds is 4. The van der Waals surface area contributed by atoms with E-state index in [1.165, 1.54) is 0 Å². The minimum absolute atomic E-state index is 0.306. The Morgan fingerprint density at radius 1 is 1.44 bits per heavy atom. The van der Waals surface area contributed by atoms with E-state index in [1.54, 1.807) is 0 Å². The molecule has 0 aliphatic heterocycles. The molecule has 0 radical (unpaired) electrons. The molecule has 0 saturated carbocycles. The van der Waals surface area contributed by atoms with Gasteiger partial charge in [0, 0.05) is 5.88 Å². The first-order valence-electron chi connectivity index (χ1n) is 2.78. The summed E-state index contributed by atoms with van der Waals surface area (Å²) in [6.45, 7) is 0. The summed E-state index contributed by atoms with van der Waals surface area (Å²) in [5, 5.41) is 0. The van der Waals surface area contributed by atoms with Gasteiger partial charge in [-0.05, 0) is 12.8 Å². The van der Waals surface area contributed by atoms with Crippen molar-refractivity contribution in [2.24, 2.45) is 0 Å². The van der Waals surface area contributed by atoms with Gasteiger partial charge in [-0.15, -0.1) is 43.1 Å². The number of hydrogen-bond donors (Lipinski definition) is 0. The standard InChI is InChI=1S/C5H8BBr2Cl/c7-6(8)4-2-1-3-5-9/h2,4H,1,3,5H2/b4-2+. The second kappa shape index (κ2) is 7.17. The quantitative estimate of drug-likeness (QED) is 0.419. The number of unbranched alkanes of at least 4 members (excludes halogenated alkanes) is 1. The fraction of sp³-hybridized carbons (Fsp3) is 0.600. The lowest BCUT2D eigenvalue weighted by molar-refractivity contribution is 0.968. The summed E-state index contributed by atoms with van der Waals surface area (Å²) in [7, 11) is 0. The van der Waals surface area contributed by atoms with Gasteiger partial charge in [0.1, 0.15) is 0 Å². The maximum atomic E-state index is 5.46. The molecule has 9 heavy (non-hydrogen) atoms. The molecule has 0 rings (SSSR count). The second-order valence-corrected chi connectivity index (χ2v) is 5.17. The molecular formula is C5H8BBr2Cl. The molecule has 0 aromatic carbocycles. The number of halogens is 3. The summed E-state index contributed by atoms with van der Waals surface area (Å²) in [5.74, 6) is 2.80. The fourth-order valence-electron chi connectivity index (χ4n) is 0.394. The highest BCUT2D eigenvalue weighted by Gasteiger charge is 1.93. The predicted octanol–water partition coefficient (Wildman–Crippen LogP) is 3.38. The van der Waals surface area contributed by atoms with Gasteiger partial charge in [-0.3, -0.25) is 0 Å². The minimum Gasteiger partial charge on any atom is -0.133 e. The Kier molecular flexibility index (Phi) is 8.01. The van der Waals surface area contributed by atoms with Crippen molar-refractivity contribution in [1.29, 1.82) is 0 Å². The van der Waals surface area contributed by atoms with Crippen LogP contribution in [0.4, 0.5) is 0 Å². The molecule has 0 fully saturated rings. The first kappa shape index (κ1) is 10.1. The Morgan fingerprint density at radius 3 is 2.56 bits per heavy atom. The third-order valence-corrected chi connectivity index (χ3v) is 1.66. The van der Waals surface area contributed by atoms with Gasteiger partial charge < -0.3 is 0 Å². The van der Waals surface area contributed by atoms with Crippen LogP contribution in [0.25, 0.3) is 0 Å². The summed E-state index contributed by atoms with van der Waals surface area (Å²) in [5.41, 5.74) is 0. The van der Waals surface area contributed by atoms with Crippen LogP contribution in [0.5, 0.6) is 0 Å². The highest BCUT2D eigenvalue weighted by Crippen LogP contribution is 2.04. The molecule has 0 aliphatic rings. The van der Waals surface area contributed by atoms with Crippen LogP contribution in [0.15, 0.2) is 12.1 Å². The van der Waals surface area contributed by atoms with Crippen LogP contribution >= 0.6 is 43.1 Å². The van der Waals surface area contributed by atoms with Crippen molar-refractivity contribution in [3.63, 3.8) is 0 Å². The largest absolute Gasteiger partial charge is 0.322 e. The molecule has 0 aromatic rings. The van der Waals surface area contributed by atoms with Gasteiger partial charge in [-0.1, -0.05) is 12.1 Å². The van der Waals surface area contributed by atoms with Crippen LogP contribution in [0.3, 0.4) is 0 Å². The third kappa shape index (κ3) is 9.05. The third-order valence-electron chi connectivity index (χ3n) is 0.786. The van der Waals surface area contributed by atoms with Crippen LogP contribution in [0.2, 0.25) is 0 Å². The van der Waals surface area contributed by atoms with E-state index in [-0.39, 0.29) is 0 Å². The Morgan fingerprint density at radius 2 is 2.11 bits per heavy atom. The first-order chi connectivity index (χ1) is 4.27. The van der Waals surface area contributed by atoms with Crippen LogP contribution in [0, 0.1) is 0 Å². The van der Waals surface area contributed by atoms with Crippen LogP contribution < -0.4 is 0 Å².